The molecule has 0 amide bonds. The van der Waals surface area contributed by atoms with Crippen molar-refractivity contribution in [2.24, 2.45) is 0 Å². The van der Waals surface area contributed by atoms with Gasteiger partial charge in [0.05, 0.1) is 12.7 Å². The second-order valence-corrected chi connectivity index (χ2v) is 7.38. The number of fused-ring (bicyclic) bond motifs is 2. The maximum Gasteiger partial charge on any atom is 0.0597 e. The molecule has 2 aliphatic heterocycles. The monoisotopic (exact) mass is 294 g/mol. The molecular formula is C18H34N2O. The zero-order chi connectivity index (χ0) is 14.5. The zero-order valence-corrected chi connectivity index (χ0v) is 13.9. The fourth-order valence-electron chi connectivity index (χ4n) is 4.74. The van der Waals surface area contributed by atoms with Crippen LogP contribution in [0.25, 0.3) is 0 Å². The first kappa shape index (κ1) is 15.8. The van der Waals surface area contributed by atoms with Crippen LogP contribution >= 0.6 is 0 Å². The molecule has 3 aliphatic rings. The maximum absolute atomic E-state index is 6.11. The van der Waals surface area contributed by atoms with E-state index in [1.54, 1.807) is 0 Å². The third-order valence-corrected chi connectivity index (χ3v) is 5.81. The third-order valence-electron chi connectivity index (χ3n) is 5.81. The molecular weight excluding hydrogens is 260 g/mol. The van der Waals surface area contributed by atoms with E-state index in [9.17, 15) is 0 Å². The van der Waals surface area contributed by atoms with E-state index >= 15 is 0 Å². The summed E-state index contributed by atoms with van der Waals surface area (Å²) < 4.78 is 6.11. The lowest BCUT2D eigenvalue weighted by molar-refractivity contribution is -0.0172. The van der Waals surface area contributed by atoms with Crippen LogP contribution in [-0.2, 0) is 4.74 Å². The molecule has 122 valence electrons. The first-order valence-electron chi connectivity index (χ1n) is 9.47. The minimum absolute atomic E-state index is 0.577. The number of ether oxygens (including phenoxy) is 1. The first-order chi connectivity index (χ1) is 10.4. The van der Waals surface area contributed by atoms with Crippen LogP contribution < -0.4 is 5.32 Å². The Balaban J connectivity index is 1.44. The summed E-state index contributed by atoms with van der Waals surface area (Å²) in [6.45, 7) is 5.59. The molecule has 21 heavy (non-hydrogen) atoms. The summed E-state index contributed by atoms with van der Waals surface area (Å²) in [5.74, 6) is 0. The largest absolute Gasteiger partial charge is 0.377 e. The second-order valence-electron chi connectivity index (χ2n) is 7.38. The van der Waals surface area contributed by atoms with Crippen molar-refractivity contribution in [3.05, 3.63) is 0 Å². The lowest BCUT2D eigenvalue weighted by atomic mass is 9.81. The van der Waals surface area contributed by atoms with E-state index in [0.29, 0.717) is 6.10 Å². The molecule has 1 N–H and O–H groups in total. The molecule has 3 fully saturated rings. The van der Waals surface area contributed by atoms with Crippen molar-refractivity contribution in [2.45, 2.75) is 95.4 Å². The highest BCUT2D eigenvalue weighted by molar-refractivity contribution is 4.94. The summed E-state index contributed by atoms with van der Waals surface area (Å²) >= 11 is 0. The Morgan fingerprint density at radius 3 is 2.38 bits per heavy atom. The van der Waals surface area contributed by atoms with Crippen molar-refractivity contribution in [3.8, 4) is 0 Å². The molecule has 0 radical (unpaired) electrons. The van der Waals surface area contributed by atoms with Crippen molar-refractivity contribution in [3.63, 3.8) is 0 Å². The minimum Gasteiger partial charge on any atom is -0.377 e. The molecule has 0 aromatic rings. The molecule has 1 aliphatic carbocycles. The molecule has 1 saturated carbocycles. The molecule has 0 spiro atoms. The van der Waals surface area contributed by atoms with E-state index in [-0.39, 0.29) is 0 Å². The van der Waals surface area contributed by atoms with E-state index in [2.05, 4.69) is 17.1 Å². The van der Waals surface area contributed by atoms with Crippen LogP contribution in [0.2, 0.25) is 0 Å². The minimum atomic E-state index is 0.577. The Morgan fingerprint density at radius 1 is 1.00 bits per heavy atom. The van der Waals surface area contributed by atoms with E-state index in [1.165, 1.54) is 77.3 Å². The first-order valence-corrected chi connectivity index (χ1v) is 9.47. The fraction of sp³-hybridized carbons (Fsp3) is 1.00. The molecule has 3 heteroatoms. The van der Waals surface area contributed by atoms with Crippen LogP contribution in [0.5, 0.6) is 0 Å². The van der Waals surface area contributed by atoms with Gasteiger partial charge in [0.25, 0.3) is 0 Å². The standard InChI is InChI=1S/C18H34N2O/c1-2-10-19-15-13-16-6-5-7-17(14-15)20(16)11-12-21-18-8-3-4-9-18/h15-19H,2-14H2,1H3. The smallest absolute Gasteiger partial charge is 0.0597 e. The Morgan fingerprint density at radius 2 is 1.71 bits per heavy atom. The molecule has 0 aromatic carbocycles. The van der Waals surface area contributed by atoms with E-state index in [1.807, 2.05) is 0 Å². The van der Waals surface area contributed by atoms with Gasteiger partial charge in [-0.05, 0) is 51.5 Å². The molecule has 2 heterocycles. The Bertz CT molecular complexity index is 290. The quantitative estimate of drug-likeness (QED) is 0.779. The SMILES string of the molecule is CCCNC1CC2CCCC(C1)N2CCOC1CCCC1. The highest BCUT2D eigenvalue weighted by Crippen LogP contribution is 2.34. The average Bonchev–Trinajstić information content (AvgIpc) is 2.98. The van der Waals surface area contributed by atoms with Gasteiger partial charge in [-0.1, -0.05) is 26.2 Å². The highest BCUT2D eigenvalue weighted by atomic mass is 16.5. The topological polar surface area (TPSA) is 24.5 Å². The van der Waals surface area contributed by atoms with Crippen LogP contribution in [0.1, 0.15) is 71.1 Å². The van der Waals surface area contributed by atoms with E-state index < -0.39 is 0 Å². The van der Waals surface area contributed by atoms with Gasteiger partial charge in [-0.25, -0.2) is 0 Å². The number of hydrogen-bond donors (Lipinski definition) is 1. The number of rotatable bonds is 7. The Hall–Kier alpha value is -0.120. The van der Waals surface area contributed by atoms with Gasteiger partial charge in [0, 0.05) is 24.7 Å². The molecule has 3 rings (SSSR count). The summed E-state index contributed by atoms with van der Waals surface area (Å²) in [7, 11) is 0. The lowest BCUT2D eigenvalue weighted by Crippen LogP contribution is -2.57. The van der Waals surface area contributed by atoms with Gasteiger partial charge in [-0.2, -0.15) is 0 Å². The lowest BCUT2D eigenvalue weighted by Gasteiger charge is -2.49. The van der Waals surface area contributed by atoms with Crippen LogP contribution in [0, 0.1) is 0 Å². The third kappa shape index (κ3) is 4.20. The van der Waals surface area contributed by atoms with Crippen LogP contribution in [0.15, 0.2) is 0 Å². The van der Waals surface area contributed by atoms with E-state index in [4.69, 9.17) is 4.74 Å². The van der Waals surface area contributed by atoms with Crippen molar-refractivity contribution >= 4 is 0 Å². The van der Waals surface area contributed by atoms with Gasteiger partial charge in [0.2, 0.25) is 0 Å². The molecule has 2 atom stereocenters. The number of hydrogen-bond acceptors (Lipinski definition) is 3. The molecule has 2 saturated heterocycles. The van der Waals surface area contributed by atoms with Crippen LogP contribution in [-0.4, -0.2) is 48.8 Å². The normalized spacial score (nSPS) is 34.4. The Labute approximate surface area is 130 Å². The number of piperidine rings is 2. The number of nitrogens with one attached hydrogen (secondary N) is 1. The fourth-order valence-corrected chi connectivity index (χ4v) is 4.74. The van der Waals surface area contributed by atoms with Gasteiger partial charge in [0.1, 0.15) is 0 Å². The molecule has 0 aromatic heterocycles. The highest BCUT2D eigenvalue weighted by Gasteiger charge is 2.37. The van der Waals surface area contributed by atoms with Crippen molar-refractivity contribution in [1.29, 1.82) is 0 Å². The van der Waals surface area contributed by atoms with Crippen LogP contribution in [0.3, 0.4) is 0 Å². The van der Waals surface area contributed by atoms with Crippen molar-refractivity contribution in [2.75, 3.05) is 19.7 Å². The summed E-state index contributed by atoms with van der Waals surface area (Å²) in [4.78, 5) is 2.79. The van der Waals surface area contributed by atoms with Crippen molar-refractivity contribution < 1.29 is 4.74 Å². The van der Waals surface area contributed by atoms with Gasteiger partial charge >= 0.3 is 0 Å². The number of nitrogens with zero attached hydrogens (tertiary/aromatic N) is 1. The summed E-state index contributed by atoms with van der Waals surface area (Å²) in [5.41, 5.74) is 0. The van der Waals surface area contributed by atoms with Crippen molar-refractivity contribution in [1.82, 2.24) is 10.2 Å². The van der Waals surface area contributed by atoms with Crippen LogP contribution in [0.4, 0.5) is 0 Å². The molecule has 2 bridgehead atoms. The molecule has 2 unspecified atom stereocenters. The average molecular weight is 294 g/mol. The predicted molar refractivity (Wildman–Crippen MR) is 87.7 cm³/mol. The predicted octanol–water partition coefficient (Wildman–Crippen LogP) is 3.33. The van der Waals surface area contributed by atoms with Gasteiger partial charge in [-0.3, -0.25) is 4.90 Å². The van der Waals surface area contributed by atoms with Gasteiger partial charge < -0.3 is 10.1 Å². The zero-order valence-electron chi connectivity index (χ0n) is 13.9. The second kappa shape index (κ2) is 7.94. The summed E-state index contributed by atoms with van der Waals surface area (Å²) in [5, 5.41) is 3.76. The maximum atomic E-state index is 6.11. The van der Waals surface area contributed by atoms with Gasteiger partial charge in [-0.15, -0.1) is 0 Å². The summed E-state index contributed by atoms with van der Waals surface area (Å²) in [6, 6.07) is 2.41. The van der Waals surface area contributed by atoms with Gasteiger partial charge in [0.15, 0.2) is 0 Å². The molecule has 3 nitrogen and oxygen atoms in total. The Kier molecular flexibility index (Phi) is 5.96. The van der Waals surface area contributed by atoms with E-state index in [0.717, 1.165) is 24.7 Å². The summed E-state index contributed by atoms with van der Waals surface area (Å²) in [6.07, 6.45) is 14.2.